The number of aryl methyl sites for hydroxylation is 3. The maximum absolute atomic E-state index is 12.5. The molecule has 7 heteroatoms. The highest BCUT2D eigenvalue weighted by Crippen LogP contribution is 2.22. The minimum Gasteiger partial charge on any atom is -0.355 e. The Kier molecular flexibility index (Phi) is 5.79. The summed E-state index contributed by atoms with van der Waals surface area (Å²) in [4.78, 5) is 14.7. The lowest BCUT2D eigenvalue weighted by molar-refractivity contribution is -0.125. The number of amides is 1. The van der Waals surface area contributed by atoms with E-state index in [9.17, 15) is 4.79 Å². The van der Waals surface area contributed by atoms with Crippen LogP contribution in [0, 0.1) is 26.7 Å². The number of aromatic nitrogens is 4. The first-order valence-electron chi connectivity index (χ1n) is 10.4. The summed E-state index contributed by atoms with van der Waals surface area (Å²) in [5.74, 6) is 1.75. The SMILES string of the molecule is Cc1ccc(CNC(=O)C2CCN(c3ccc(-n4nc(C)cc4C)nn3)CC2)cc1. The van der Waals surface area contributed by atoms with Crippen molar-refractivity contribution in [1.82, 2.24) is 25.3 Å². The lowest BCUT2D eigenvalue weighted by Gasteiger charge is -2.31. The number of anilines is 1. The van der Waals surface area contributed by atoms with E-state index in [-0.39, 0.29) is 11.8 Å². The second-order valence-electron chi connectivity index (χ2n) is 8.05. The molecule has 0 aliphatic carbocycles. The maximum Gasteiger partial charge on any atom is 0.223 e. The van der Waals surface area contributed by atoms with Gasteiger partial charge < -0.3 is 10.2 Å². The standard InChI is InChI=1S/C23H28N6O/c1-16-4-6-19(7-5-16)15-24-23(30)20-10-12-28(13-11-20)21-8-9-22(26-25-21)29-18(3)14-17(2)27-29/h4-9,14,20H,10-13,15H2,1-3H3,(H,24,30). The molecular formula is C23H28N6O. The van der Waals surface area contributed by atoms with Gasteiger partial charge in [-0.2, -0.15) is 5.10 Å². The first-order chi connectivity index (χ1) is 14.5. The molecule has 1 fully saturated rings. The summed E-state index contributed by atoms with van der Waals surface area (Å²) in [6, 6.07) is 14.2. The third kappa shape index (κ3) is 4.50. The highest BCUT2D eigenvalue weighted by molar-refractivity contribution is 5.79. The molecule has 2 aromatic heterocycles. The van der Waals surface area contributed by atoms with Crippen LogP contribution in [-0.2, 0) is 11.3 Å². The van der Waals surface area contributed by atoms with E-state index in [4.69, 9.17) is 0 Å². The van der Waals surface area contributed by atoms with Crippen molar-refractivity contribution in [3.63, 3.8) is 0 Å². The smallest absolute Gasteiger partial charge is 0.223 e. The van der Waals surface area contributed by atoms with Gasteiger partial charge in [0.2, 0.25) is 5.91 Å². The van der Waals surface area contributed by atoms with Crippen molar-refractivity contribution in [2.45, 2.75) is 40.2 Å². The van der Waals surface area contributed by atoms with E-state index in [2.05, 4.69) is 56.7 Å². The number of carbonyl (C=O) groups is 1. The van der Waals surface area contributed by atoms with E-state index in [1.54, 1.807) is 4.68 Å². The Bertz CT molecular complexity index is 1000. The van der Waals surface area contributed by atoms with Crippen LogP contribution in [0.2, 0.25) is 0 Å². The Morgan fingerprint density at radius 2 is 1.67 bits per heavy atom. The average molecular weight is 405 g/mol. The van der Waals surface area contributed by atoms with Gasteiger partial charge in [0.25, 0.3) is 0 Å². The number of nitrogens with one attached hydrogen (secondary N) is 1. The molecule has 1 amide bonds. The zero-order valence-corrected chi connectivity index (χ0v) is 17.8. The number of nitrogens with zero attached hydrogens (tertiary/aromatic N) is 5. The Morgan fingerprint density at radius 1 is 1.00 bits per heavy atom. The minimum absolute atomic E-state index is 0.0497. The molecule has 156 valence electrons. The van der Waals surface area contributed by atoms with Gasteiger partial charge in [-0.3, -0.25) is 4.79 Å². The van der Waals surface area contributed by atoms with Gasteiger partial charge in [0.05, 0.1) is 5.69 Å². The number of hydrogen-bond donors (Lipinski definition) is 1. The zero-order chi connectivity index (χ0) is 21.1. The van der Waals surface area contributed by atoms with Crippen LogP contribution < -0.4 is 10.2 Å². The van der Waals surface area contributed by atoms with Gasteiger partial charge in [0.1, 0.15) is 0 Å². The number of hydrogen-bond acceptors (Lipinski definition) is 5. The normalized spacial score (nSPS) is 14.7. The van der Waals surface area contributed by atoms with Crippen LogP contribution in [0.3, 0.4) is 0 Å². The summed E-state index contributed by atoms with van der Waals surface area (Å²) >= 11 is 0. The summed E-state index contributed by atoms with van der Waals surface area (Å²) in [6.45, 7) is 8.22. The second kappa shape index (κ2) is 8.65. The average Bonchev–Trinajstić information content (AvgIpc) is 3.11. The number of benzene rings is 1. The predicted molar refractivity (Wildman–Crippen MR) is 117 cm³/mol. The van der Waals surface area contributed by atoms with Crippen molar-refractivity contribution in [3.8, 4) is 5.82 Å². The first-order valence-corrected chi connectivity index (χ1v) is 10.4. The minimum atomic E-state index is 0.0497. The van der Waals surface area contributed by atoms with Crippen LogP contribution in [-0.4, -0.2) is 39.0 Å². The molecule has 0 atom stereocenters. The highest BCUT2D eigenvalue weighted by atomic mass is 16.1. The van der Waals surface area contributed by atoms with Crippen molar-refractivity contribution in [1.29, 1.82) is 0 Å². The van der Waals surface area contributed by atoms with E-state index in [0.717, 1.165) is 54.5 Å². The third-order valence-corrected chi connectivity index (χ3v) is 5.64. The van der Waals surface area contributed by atoms with Crippen LogP contribution in [0.5, 0.6) is 0 Å². The van der Waals surface area contributed by atoms with E-state index >= 15 is 0 Å². The summed E-state index contributed by atoms with van der Waals surface area (Å²) < 4.78 is 1.80. The van der Waals surface area contributed by atoms with Crippen LogP contribution in [0.1, 0.15) is 35.4 Å². The van der Waals surface area contributed by atoms with Gasteiger partial charge in [0.15, 0.2) is 11.6 Å². The molecule has 0 bridgehead atoms. The Balaban J connectivity index is 1.30. The summed E-state index contributed by atoms with van der Waals surface area (Å²) in [5, 5.41) is 16.3. The van der Waals surface area contributed by atoms with Crippen LogP contribution >= 0.6 is 0 Å². The lowest BCUT2D eigenvalue weighted by Crippen LogP contribution is -2.40. The lowest BCUT2D eigenvalue weighted by atomic mass is 9.96. The fourth-order valence-electron chi connectivity index (χ4n) is 3.87. The van der Waals surface area contributed by atoms with Gasteiger partial charge in [0, 0.05) is 31.2 Å². The molecule has 1 aliphatic heterocycles. The fraction of sp³-hybridized carbons (Fsp3) is 0.391. The molecule has 3 heterocycles. The largest absolute Gasteiger partial charge is 0.355 e. The van der Waals surface area contributed by atoms with Gasteiger partial charge in [-0.15, -0.1) is 10.2 Å². The zero-order valence-electron chi connectivity index (χ0n) is 17.8. The molecule has 1 aliphatic rings. The predicted octanol–water partition coefficient (Wildman–Crippen LogP) is 3.12. The molecule has 3 aromatic rings. The molecular weight excluding hydrogens is 376 g/mol. The van der Waals surface area contributed by atoms with E-state index in [1.807, 2.05) is 32.0 Å². The number of carbonyl (C=O) groups excluding carboxylic acids is 1. The molecule has 0 saturated carbocycles. The summed E-state index contributed by atoms with van der Waals surface area (Å²) in [5.41, 5.74) is 4.35. The van der Waals surface area contributed by atoms with Gasteiger partial charge >= 0.3 is 0 Å². The van der Waals surface area contributed by atoms with E-state index < -0.39 is 0 Å². The van der Waals surface area contributed by atoms with Crippen LogP contribution in [0.4, 0.5) is 5.82 Å². The molecule has 0 spiro atoms. The molecule has 1 saturated heterocycles. The van der Waals surface area contributed by atoms with E-state index in [0.29, 0.717) is 6.54 Å². The molecule has 4 rings (SSSR count). The monoisotopic (exact) mass is 404 g/mol. The Morgan fingerprint density at radius 3 is 2.27 bits per heavy atom. The van der Waals surface area contributed by atoms with E-state index in [1.165, 1.54) is 5.56 Å². The van der Waals surface area contributed by atoms with Crippen molar-refractivity contribution < 1.29 is 4.79 Å². The maximum atomic E-state index is 12.5. The van der Waals surface area contributed by atoms with Crippen molar-refractivity contribution in [2.24, 2.45) is 5.92 Å². The van der Waals surface area contributed by atoms with Crippen molar-refractivity contribution in [3.05, 3.63) is 65.0 Å². The third-order valence-electron chi connectivity index (χ3n) is 5.64. The van der Waals surface area contributed by atoms with Crippen molar-refractivity contribution in [2.75, 3.05) is 18.0 Å². The molecule has 1 N–H and O–H groups in total. The molecule has 30 heavy (non-hydrogen) atoms. The molecule has 1 aromatic carbocycles. The van der Waals surface area contributed by atoms with Gasteiger partial charge in [-0.25, -0.2) is 4.68 Å². The highest BCUT2D eigenvalue weighted by Gasteiger charge is 2.25. The number of piperidine rings is 1. The second-order valence-corrected chi connectivity index (χ2v) is 8.05. The Hall–Kier alpha value is -3.22. The summed E-state index contributed by atoms with van der Waals surface area (Å²) in [7, 11) is 0. The van der Waals surface area contributed by atoms with Crippen LogP contribution in [0.25, 0.3) is 5.82 Å². The van der Waals surface area contributed by atoms with Gasteiger partial charge in [-0.1, -0.05) is 29.8 Å². The quantitative estimate of drug-likeness (QED) is 0.707. The van der Waals surface area contributed by atoms with Gasteiger partial charge in [-0.05, 0) is 57.4 Å². The first kappa shape index (κ1) is 20.1. The fourth-order valence-corrected chi connectivity index (χ4v) is 3.87. The topological polar surface area (TPSA) is 75.9 Å². The molecule has 0 radical (unpaired) electrons. The van der Waals surface area contributed by atoms with Crippen molar-refractivity contribution >= 4 is 11.7 Å². The number of rotatable bonds is 5. The molecule has 7 nitrogen and oxygen atoms in total. The summed E-state index contributed by atoms with van der Waals surface area (Å²) in [6.07, 6.45) is 1.64. The van der Waals surface area contributed by atoms with Crippen LogP contribution in [0.15, 0.2) is 42.5 Å². The molecule has 0 unspecified atom stereocenters. The Labute approximate surface area is 177 Å².